The standard InChI is InChI=1S/C13H24N2O4S2/c1-4-9(2)12(15-10(3)16)13(19)14-6-8-21-20-7-5-11(17)18/h9,12H,4-8H2,1-3H3,(H,14,19)(H,15,16)(H,17,18)/t9-,12-/m0/s1. The molecule has 0 saturated heterocycles. The van der Waals surface area contributed by atoms with E-state index in [0.29, 0.717) is 18.1 Å². The maximum Gasteiger partial charge on any atom is 0.304 e. The SMILES string of the molecule is CC[C@H](C)[C@H](NC(C)=O)C(=O)NCCSSCCC(=O)O. The third-order valence-electron chi connectivity index (χ3n) is 2.82. The van der Waals surface area contributed by atoms with Crippen molar-refractivity contribution in [2.24, 2.45) is 5.92 Å². The van der Waals surface area contributed by atoms with E-state index in [0.717, 1.165) is 6.42 Å². The monoisotopic (exact) mass is 336 g/mol. The highest BCUT2D eigenvalue weighted by Gasteiger charge is 2.24. The van der Waals surface area contributed by atoms with Crippen molar-refractivity contribution in [2.75, 3.05) is 18.1 Å². The summed E-state index contributed by atoms with van der Waals surface area (Å²) in [4.78, 5) is 33.5. The van der Waals surface area contributed by atoms with Gasteiger partial charge in [-0.2, -0.15) is 0 Å². The number of carboxylic acid groups (broad SMARTS) is 1. The largest absolute Gasteiger partial charge is 0.481 e. The molecule has 0 aliphatic heterocycles. The van der Waals surface area contributed by atoms with E-state index >= 15 is 0 Å². The van der Waals surface area contributed by atoms with Gasteiger partial charge in [0, 0.05) is 25.0 Å². The minimum absolute atomic E-state index is 0.0755. The summed E-state index contributed by atoms with van der Waals surface area (Å²) in [6.45, 7) is 5.80. The van der Waals surface area contributed by atoms with Crippen molar-refractivity contribution in [1.82, 2.24) is 10.6 Å². The molecule has 0 heterocycles. The second-order valence-corrected chi connectivity index (χ2v) is 7.34. The zero-order valence-electron chi connectivity index (χ0n) is 12.7. The first-order chi connectivity index (χ1) is 9.88. The Morgan fingerprint density at radius 3 is 2.33 bits per heavy atom. The van der Waals surface area contributed by atoms with Crippen LogP contribution in [-0.2, 0) is 14.4 Å². The summed E-state index contributed by atoms with van der Waals surface area (Å²) in [6, 6.07) is -0.503. The van der Waals surface area contributed by atoms with Crippen LogP contribution in [0.1, 0.15) is 33.6 Å². The van der Waals surface area contributed by atoms with E-state index in [1.807, 2.05) is 13.8 Å². The van der Waals surface area contributed by atoms with Crippen molar-refractivity contribution >= 4 is 39.4 Å². The molecule has 6 nitrogen and oxygen atoms in total. The second kappa shape index (κ2) is 11.7. The summed E-state index contributed by atoms with van der Waals surface area (Å²) >= 11 is 0. The lowest BCUT2D eigenvalue weighted by Crippen LogP contribution is -2.50. The molecule has 3 N–H and O–H groups in total. The first-order valence-corrected chi connectivity index (χ1v) is 9.38. The second-order valence-electron chi connectivity index (χ2n) is 4.64. The number of rotatable bonds is 11. The number of hydrogen-bond acceptors (Lipinski definition) is 5. The number of hydrogen-bond donors (Lipinski definition) is 3. The van der Waals surface area contributed by atoms with E-state index in [4.69, 9.17) is 5.11 Å². The average Bonchev–Trinajstić information content (AvgIpc) is 2.42. The Labute approximate surface area is 133 Å². The summed E-state index contributed by atoms with van der Waals surface area (Å²) in [5.41, 5.74) is 0. The normalized spacial score (nSPS) is 13.3. The summed E-state index contributed by atoms with van der Waals surface area (Å²) in [5, 5.41) is 14.0. The van der Waals surface area contributed by atoms with Gasteiger partial charge in [-0.3, -0.25) is 14.4 Å². The number of nitrogens with one attached hydrogen (secondary N) is 2. The first-order valence-electron chi connectivity index (χ1n) is 6.89. The van der Waals surface area contributed by atoms with E-state index in [2.05, 4.69) is 10.6 Å². The molecule has 0 rings (SSSR count). The Hall–Kier alpha value is -0.890. The van der Waals surface area contributed by atoms with Gasteiger partial charge >= 0.3 is 5.97 Å². The van der Waals surface area contributed by atoms with Gasteiger partial charge in [0.1, 0.15) is 6.04 Å². The van der Waals surface area contributed by atoms with Crippen molar-refractivity contribution < 1.29 is 19.5 Å². The van der Waals surface area contributed by atoms with Crippen LogP contribution in [-0.4, -0.2) is 47.0 Å². The number of carbonyl (C=O) groups is 3. The molecule has 0 saturated carbocycles. The molecule has 0 aliphatic carbocycles. The Morgan fingerprint density at radius 1 is 1.19 bits per heavy atom. The molecule has 0 aliphatic rings. The number of amides is 2. The summed E-state index contributed by atoms with van der Waals surface area (Å²) in [6.07, 6.45) is 0.945. The lowest BCUT2D eigenvalue weighted by atomic mass is 9.98. The van der Waals surface area contributed by atoms with E-state index < -0.39 is 12.0 Å². The predicted octanol–water partition coefficient (Wildman–Crippen LogP) is 1.51. The van der Waals surface area contributed by atoms with Gasteiger partial charge in [-0.1, -0.05) is 41.9 Å². The van der Waals surface area contributed by atoms with Crippen LogP contribution in [0.2, 0.25) is 0 Å². The summed E-state index contributed by atoms with van der Waals surface area (Å²) in [5.74, 6) is 0.137. The molecule has 0 unspecified atom stereocenters. The van der Waals surface area contributed by atoms with Crippen LogP contribution >= 0.6 is 21.6 Å². The molecule has 0 radical (unpaired) electrons. The highest BCUT2D eigenvalue weighted by Crippen LogP contribution is 2.21. The van der Waals surface area contributed by atoms with Gasteiger partial charge in [-0.25, -0.2) is 0 Å². The zero-order valence-corrected chi connectivity index (χ0v) is 14.3. The molecular formula is C13H24N2O4S2. The van der Waals surface area contributed by atoms with Crippen LogP contribution in [0.5, 0.6) is 0 Å². The van der Waals surface area contributed by atoms with Crippen LogP contribution in [0.25, 0.3) is 0 Å². The fourth-order valence-electron chi connectivity index (χ4n) is 1.49. The fraction of sp³-hybridized carbons (Fsp3) is 0.769. The summed E-state index contributed by atoms with van der Waals surface area (Å²) in [7, 11) is 3.01. The van der Waals surface area contributed by atoms with Crippen LogP contribution in [0.15, 0.2) is 0 Å². The molecule has 2 atom stereocenters. The molecule has 8 heteroatoms. The molecule has 0 aromatic heterocycles. The smallest absolute Gasteiger partial charge is 0.304 e. The molecule has 0 bridgehead atoms. The lowest BCUT2D eigenvalue weighted by Gasteiger charge is -2.22. The molecule has 2 amide bonds. The zero-order chi connectivity index (χ0) is 16.3. The highest BCUT2D eigenvalue weighted by molar-refractivity contribution is 8.76. The third-order valence-corrected chi connectivity index (χ3v) is 5.23. The molecular weight excluding hydrogens is 312 g/mol. The first kappa shape index (κ1) is 20.1. The fourth-order valence-corrected chi connectivity index (χ4v) is 3.38. The van der Waals surface area contributed by atoms with Gasteiger partial charge in [-0.15, -0.1) is 0 Å². The van der Waals surface area contributed by atoms with Gasteiger partial charge in [0.05, 0.1) is 6.42 Å². The Morgan fingerprint density at radius 2 is 1.81 bits per heavy atom. The Kier molecular flexibility index (Phi) is 11.2. The highest BCUT2D eigenvalue weighted by atomic mass is 33.1. The van der Waals surface area contributed by atoms with Gasteiger partial charge in [0.25, 0.3) is 0 Å². The van der Waals surface area contributed by atoms with Gasteiger partial charge < -0.3 is 15.7 Å². The minimum atomic E-state index is -0.803. The molecule has 0 fully saturated rings. The van der Waals surface area contributed by atoms with Crippen molar-refractivity contribution in [3.8, 4) is 0 Å². The maximum atomic E-state index is 12.0. The molecule has 0 spiro atoms. The number of carboxylic acids is 1. The van der Waals surface area contributed by atoms with Crippen LogP contribution in [0, 0.1) is 5.92 Å². The summed E-state index contributed by atoms with van der Waals surface area (Å²) < 4.78 is 0. The topological polar surface area (TPSA) is 95.5 Å². The minimum Gasteiger partial charge on any atom is -0.481 e. The van der Waals surface area contributed by atoms with E-state index in [9.17, 15) is 14.4 Å². The number of carbonyl (C=O) groups excluding carboxylic acids is 2. The van der Waals surface area contributed by atoms with Crippen molar-refractivity contribution in [3.63, 3.8) is 0 Å². The van der Waals surface area contributed by atoms with Gasteiger partial charge in [0.15, 0.2) is 0 Å². The molecule has 21 heavy (non-hydrogen) atoms. The Balaban J connectivity index is 3.92. The van der Waals surface area contributed by atoms with Crippen LogP contribution in [0.4, 0.5) is 0 Å². The maximum absolute atomic E-state index is 12.0. The quantitative estimate of drug-likeness (QED) is 0.391. The predicted molar refractivity (Wildman–Crippen MR) is 87.2 cm³/mol. The average molecular weight is 336 g/mol. The van der Waals surface area contributed by atoms with Crippen LogP contribution < -0.4 is 10.6 Å². The number of aliphatic carboxylic acids is 1. The van der Waals surface area contributed by atoms with Gasteiger partial charge in [0.2, 0.25) is 11.8 Å². The van der Waals surface area contributed by atoms with E-state index in [-0.39, 0.29) is 24.2 Å². The van der Waals surface area contributed by atoms with Crippen LogP contribution in [0.3, 0.4) is 0 Å². The Bertz CT molecular complexity index is 353. The lowest BCUT2D eigenvalue weighted by molar-refractivity contribution is -0.136. The van der Waals surface area contributed by atoms with E-state index in [1.165, 1.54) is 28.5 Å². The van der Waals surface area contributed by atoms with Crippen molar-refractivity contribution in [1.29, 1.82) is 0 Å². The van der Waals surface area contributed by atoms with Gasteiger partial charge in [-0.05, 0) is 5.92 Å². The third kappa shape index (κ3) is 10.5. The molecule has 122 valence electrons. The molecule has 0 aromatic carbocycles. The van der Waals surface area contributed by atoms with E-state index in [1.54, 1.807) is 0 Å². The van der Waals surface area contributed by atoms with Crippen molar-refractivity contribution in [3.05, 3.63) is 0 Å². The molecule has 0 aromatic rings. The van der Waals surface area contributed by atoms with Crippen molar-refractivity contribution in [2.45, 2.75) is 39.7 Å².